The zero-order valence-corrected chi connectivity index (χ0v) is 20.6. The second kappa shape index (κ2) is 11.9. The minimum absolute atomic E-state index is 0.256. The summed E-state index contributed by atoms with van der Waals surface area (Å²) >= 11 is 0. The van der Waals surface area contributed by atoms with E-state index in [2.05, 4.69) is 21.3 Å². The van der Waals surface area contributed by atoms with Crippen LogP contribution in [-0.4, -0.2) is 72.5 Å². The highest BCUT2D eigenvalue weighted by Gasteiger charge is 2.47. The molecule has 0 N–H and O–H groups in total. The molecule has 1 fully saturated rings. The molecular formula is C26H29N5O5. The number of ether oxygens (including phenoxy) is 4. The van der Waals surface area contributed by atoms with E-state index in [9.17, 15) is 0 Å². The van der Waals surface area contributed by atoms with Crippen molar-refractivity contribution in [1.82, 2.24) is 14.8 Å². The van der Waals surface area contributed by atoms with E-state index in [0.717, 1.165) is 16.8 Å². The van der Waals surface area contributed by atoms with Gasteiger partial charge in [-0.25, -0.2) is 9.67 Å². The number of hydrogen-bond donors (Lipinski definition) is 0. The van der Waals surface area contributed by atoms with E-state index in [1.165, 1.54) is 0 Å². The number of benzene rings is 2. The standard InChI is InChI=1S/C26H29N5O5/c1-5-34-23-22(32-3)17(2)35-26(24(23)33-4)36-29-15-19-6-10-20(11-7-19)25-28-16-31(30-25)21-12-8-18(14-27)9-13-21/h6-13,15-17,22-24,26H,5H2,1-4H3/b29-15+/t17-,22-,23+,24+,26-/m0/s1. The monoisotopic (exact) mass is 491 g/mol. The lowest BCUT2D eigenvalue weighted by molar-refractivity contribution is -0.308. The first-order valence-corrected chi connectivity index (χ1v) is 11.6. The van der Waals surface area contributed by atoms with E-state index in [1.54, 1.807) is 43.6 Å². The van der Waals surface area contributed by atoms with E-state index in [0.29, 0.717) is 18.0 Å². The van der Waals surface area contributed by atoms with Crippen molar-refractivity contribution in [3.05, 3.63) is 66.0 Å². The van der Waals surface area contributed by atoms with Gasteiger partial charge >= 0.3 is 0 Å². The van der Waals surface area contributed by atoms with Gasteiger partial charge in [0.25, 0.3) is 6.29 Å². The van der Waals surface area contributed by atoms with Crippen molar-refractivity contribution in [1.29, 1.82) is 5.26 Å². The molecule has 4 rings (SSSR count). The molecule has 3 aromatic rings. The van der Waals surface area contributed by atoms with Gasteiger partial charge in [0, 0.05) is 26.4 Å². The summed E-state index contributed by atoms with van der Waals surface area (Å²) in [5, 5.41) is 17.6. The molecule has 2 aromatic carbocycles. The van der Waals surface area contributed by atoms with Crippen LogP contribution in [0.2, 0.25) is 0 Å². The van der Waals surface area contributed by atoms with Crippen LogP contribution < -0.4 is 0 Å². The molecule has 1 aromatic heterocycles. The van der Waals surface area contributed by atoms with E-state index in [-0.39, 0.29) is 18.3 Å². The minimum atomic E-state index is -0.737. The van der Waals surface area contributed by atoms with Crippen molar-refractivity contribution in [2.75, 3.05) is 20.8 Å². The van der Waals surface area contributed by atoms with Gasteiger partial charge in [-0.05, 0) is 43.7 Å². The number of oxime groups is 1. The number of hydrogen-bond acceptors (Lipinski definition) is 9. The molecule has 10 heteroatoms. The quantitative estimate of drug-likeness (QED) is 0.331. The Kier molecular flexibility index (Phi) is 8.40. The second-order valence-electron chi connectivity index (χ2n) is 8.16. The van der Waals surface area contributed by atoms with Gasteiger partial charge in [-0.2, -0.15) is 5.26 Å². The third-order valence-electron chi connectivity index (χ3n) is 5.92. The number of methoxy groups -OCH3 is 2. The summed E-state index contributed by atoms with van der Waals surface area (Å²) in [6.07, 6.45) is 1.13. The number of rotatable bonds is 9. The molecule has 1 saturated heterocycles. The van der Waals surface area contributed by atoms with Crippen LogP contribution in [-0.2, 0) is 23.8 Å². The molecule has 0 radical (unpaired) electrons. The Morgan fingerprint density at radius 1 is 1.06 bits per heavy atom. The van der Waals surface area contributed by atoms with Gasteiger partial charge in [-0.1, -0.05) is 29.4 Å². The Balaban J connectivity index is 1.40. The van der Waals surface area contributed by atoms with Crippen molar-refractivity contribution in [3.8, 4) is 23.1 Å². The SMILES string of the molecule is CCO[C@@H]1[C@@H](OC)[C@H](C)O[C@@H](O/N=C/c2ccc(-c3ncn(-c4ccc(C#N)cc4)n3)cc2)[C@@H]1OC. The Labute approximate surface area is 210 Å². The molecular weight excluding hydrogens is 462 g/mol. The van der Waals surface area contributed by atoms with E-state index in [4.69, 9.17) is 29.0 Å². The van der Waals surface area contributed by atoms with E-state index >= 15 is 0 Å². The summed E-state index contributed by atoms with van der Waals surface area (Å²) in [6.45, 7) is 4.34. The summed E-state index contributed by atoms with van der Waals surface area (Å²) < 4.78 is 24.6. The molecule has 0 bridgehead atoms. The van der Waals surface area contributed by atoms with Crippen molar-refractivity contribution in [2.45, 2.75) is 44.6 Å². The van der Waals surface area contributed by atoms with Gasteiger partial charge in [-0.15, -0.1) is 5.10 Å². The van der Waals surface area contributed by atoms with Crippen molar-refractivity contribution in [3.63, 3.8) is 0 Å². The van der Waals surface area contributed by atoms with Crippen LogP contribution in [0, 0.1) is 11.3 Å². The highest BCUT2D eigenvalue weighted by molar-refractivity contribution is 5.80. The summed E-state index contributed by atoms with van der Waals surface area (Å²) in [4.78, 5) is 10.0. The lowest BCUT2D eigenvalue weighted by Gasteiger charge is -2.42. The number of nitrogens with zero attached hydrogens (tertiary/aromatic N) is 5. The summed E-state index contributed by atoms with van der Waals surface area (Å²) in [5.74, 6) is 0.585. The summed E-state index contributed by atoms with van der Waals surface area (Å²) in [6, 6.07) is 16.9. The lowest BCUT2D eigenvalue weighted by Crippen LogP contribution is -2.59. The maximum atomic E-state index is 8.95. The smallest absolute Gasteiger partial charge is 0.256 e. The zero-order valence-electron chi connectivity index (χ0n) is 20.6. The van der Waals surface area contributed by atoms with Crippen LogP contribution in [0.1, 0.15) is 25.0 Å². The van der Waals surface area contributed by atoms with Gasteiger partial charge in [-0.3, -0.25) is 0 Å². The summed E-state index contributed by atoms with van der Waals surface area (Å²) in [5.41, 5.74) is 3.11. The predicted molar refractivity (Wildman–Crippen MR) is 132 cm³/mol. The molecule has 0 aliphatic carbocycles. The molecule has 10 nitrogen and oxygen atoms in total. The first-order chi connectivity index (χ1) is 17.6. The molecule has 0 amide bonds. The van der Waals surface area contributed by atoms with Crippen molar-refractivity contribution < 1.29 is 23.8 Å². The second-order valence-corrected chi connectivity index (χ2v) is 8.16. The third kappa shape index (κ3) is 5.61. The fraction of sp³-hybridized carbons (Fsp3) is 0.385. The largest absolute Gasteiger partial charge is 0.376 e. The molecule has 1 aliphatic rings. The zero-order chi connectivity index (χ0) is 25.5. The maximum absolute atomic E-state index is 8.95. The number of aromatic nitrogens is 3. The number of nitriles is 1. The molecule has 2 heterocycles. The van der Waals surface area contributed by atoms with Gasteiger partial charge in [0.2, 0.25) is 0 Å². The van der Waals surface area contributed by atoms with Gasteiger partial charge in [0.05, 0.1) is 29.6 Å². The Bertz CT molecular complexity index is 1190. The minimum Gasteiger partial charge on any atom is -0.376 e. The molecule has 0 spiro atoms. The van der Waals surface area contributed by atoms with Gasteiger partial charge in [0.15, 0.2) is 11.9 Å². The van der Waals surface area contributed by atoms with Crippen LogP contribution in [0.3, 0.4) is 0 Å². The van der Waals surface area contributed by atoms with Crippen LogP contribution in [0.5, 0.6) is 0 Å². The summed E-state index contributed by atoms with van der Waals surface area (Å²) in [7, 11) is 3.21. The third-order valence-corrected chi connectivity index (χ3v) is 5.92. The highest BCUT2D eigenvalue weighted by atomic mass is 16.8. The topological polar surface area (TPSA) is 113 Å². The van der Waals surface area contributed by atoms with E-state index in [1.807, 2.05) is 50.2 Å². The van der Waals surface area contributed by atoms with E-state index < -0.39 is 12.4 Å². The molecule has 5 atom stereocenters. The van der Waals surface area contributed by atoms with Crippen LogP contribution >= 0.6 is 0 Å². The van der Waals surface area contributed by atoms with Crippen LogP contribution in [0.25, 0.3) is 17.1 Å². The van der Waals surface area contributed by atoms with Crippen molar-refractivity contribution in [2.24, 2.45) is 5.16 Å². The molecule has 0 unspecified atom stereocenters. The maximum Gasteiger partial charge on any atom is 0.256 e. The fourth-order valence-electron chi connectivity index (χ4n) is 4.09. The first-order valence-electron chi connectivity index (χ1n) is 11.6. The van der Waals surface area contributed by atoms with Crippen molar-refractivity contribution >= 4 is 6.21 Å². The normalized spacial score (nSPS) is 24.0. The molecule has 1 aliphatic heterocycles. The fourth-order valence-corrected chi connectivity index (χ4v) is 4.09. The average Bonchev–Trinajstić information content (AvgIpc) is 3.40. The van der Waals surface area contributed by atoms with Crippen LogP contribution in [0.15, 0.2) is 60.0 Å². The Hall–Kier alpha value is -3.62. The Morgan fingerprint density at radius 2 is 1.78 bits per heavy atom. The average molecular weight is 492 g/mol. The lowest BCUT2D eigenvalue weighted by atomic mass is 9.99. The van der Waals surface area contributed by atoms with Crippen LogP contribution in [0.4, 0.5) is 0 Å². The first kappa shape index (κ1) is 25.5. The van der Waals surface area contributed by atoms with Gasteiger partial charge < -0.3 is 23.8 Å². The molecule has 0 saturated carbocycles. The van der Waals surface area contributed by atoms with Gasteiger partial charge in [0.1, 0.15) is 18.5 Å². The molecule has 36 heavy (non-hydrogen) atoms. The Morgan fingerprint density at radius 3 is 2.42 bits per heavy atom. The highest BCUT2D eigenvalue weighted by Crippen LogP contribution is 2.28. The predicted octanol–water partition coefficient (Wildman–Crippen LogP) is 3.34. The molecule has 188 valence electrons.